The highest BCUT2D eigenvalue weighted by atomic mass is 19.1. The summed E-state index contributed by atoms with van der Waals surface area (Å²) in [4.78, 5) is 4.72. The summed E-state index contributed by atoms with van der Waals surface area (Å²) in [6, 6.07) is 17.3. The minimum atomic E-state index is -0.143. The number of aromatic nitrogens is 2. The van der Waals surface area contributed by atoms with Crippen molar-refractivity contribution in [3.63, 3.8) is 0 Å². The molecule has 1 unspecified atom stereocenters. The molecule has 4 rings (SSSR count). The quantitative estimate of drug-likeness (QED) is 0.720. The van der Waals surface area contributed by atoms with E-state index in [-0.39, 0.29) is 11.9 Å². The molecule has 1 aliphatic heterocycles. The summed E-state index contributed by atoms with van der Waals surface area (Å²) < 4.78 is 16.4. The first-order valence-electron chi connectivity index (χ1n) is 8.99. The Morgan fingerprint density at radius 2 is 1.62 bits per heavy atom. The number of anilines is 1. The summed E-state index contributed by atoms with van der Waals surface area (Å²) in [6.07, 6.45) is 3.95. The number of rotatable bonds is 4. The van der Waals surface area contributed by atoms with Crippen molar-refractivity contribution < 1.29 is 4.39 Å². The Bertz CT molecular complexity index is 853. The maximum absolute atomic E-state index is 14.6. The van der Waals surface area contributed by atoms with Crippen molar-refractivity contribution in [2.45, 2.75) is 6.04 Å². The van der Waals surface area contributed by atoms with Gasteiger partial charge in [-0.3, -0.25) is 9.58 Å². The maximum atomic E-state index is 14.6. The summed E-state index contributed by atoms with van der Waals surface area (Å²) in [7, 11) is 1.93. The van der Waals surface area contributed by atoms with Crippen LogP contribution in [0.3, 0.4) is 0 Å². The summed E-state index contributed by atoms with van der Waals surface area (Å²) in [5.41, 5.74) is 3.02. The highest BCUT2D eigenvalue weighted by Crippen LogP contribution is 2.31. The van der Waals surface area contributed by atoms with Crippen molar-refractivity contribution in [3.05, 3.63) is 83.9 Å². The molecule has 26 heavy (non-hydrogen) atoms. The van der Waals surface area contributed by atoms with E-state index in [1.54, 1.807) is 12.1 Å². The summed E-state index contributed by atoms with van der Waals surface area (Å²) in [5.74, 6) is -0.143. The van der Waals surface area contributed by atoms with Crippen molar-refractivity contribution in [3.8, 4) is 0 Å². The van der Waals surface area contributed by atoms with E-state index < -0.39 is 0 Å². The molecule has 0 bridgehead atoms. The fourth-order valence-electron chi connectivity index (χ4n) is 3.73. The topological polar surface area (TPSA) is 24.3 Å². The van der Waals surface area contributed by atoms with Gasteiger partial charge in [0.05, 0.1) is 17.9 Å². The molecule has 2 heterocycles. The predicted molar refractivity (Wildman–Crippen MR) is 102 cm³/mol. The minimum Gasteiger partial charge on any atom is -0.366 e. The number of piperazine rings is 1. The number of hydrogen-bond acceptors (Lipinski definition) is 3. The zero-order chi connectivity index (χ0) is 17.9. The Labute approximate surface area is 153 Å². The molecule has 0 radical (unpaired) electrons. The Balaban J connectivity index is 1.59. The molecule has 1 fully saturated rings. The Morgan fingerprint density at radius 3 is 2.27 bits per heavy atom. The van der Waals surface area contributed by atoms with Crippen LogP contribution in [0.15, 0.2) is 67.0 Å². The average molecular weight is 350 g/mol. The predicted octanol–water partition coefficient (Wildman–Crippen LogP) is 3.47. The van der Waals surface area contributed by atoms with Crippen LogP contribution in [0.5, 0.6) is 0 Å². The van der Waals surface area contributed by atoms with Gasteiger partial charge in [0.25, 0.3) is 0 Å². The lowest BCUT2D eigenvalue weighted by Gasteiger charge is -2.40. The molecule has 3 aromatic rings. The van der Waals surface area contributed by atoms with Gasteiger partial charge in [-0.15, -0.1) is 0 Å². The molecule has 134 valence electrons. The molecule has 0 spiro atoms. The van der Waals surface area contributed by atoms with Gasteiger partial charge in [-0.1, -0.05) is 48.5 Å². The van der Waals surface area contributed by atoms with E-state index in [0.29, 0.717) is 0 Å². The van der Waals surface area contributed by atoms with E-state index in [1.165, 1.54) is 0 Å². The van der Waals surface area contributed by atoms with Crippen molar-refractivity contribution in [2.75, 3.05) is 31.1 Å². The summed E-state index contributed by atoms with van der Waals surface area (Å²) in [5, 5.41) is 4.26. The van der Waals surface area contributed by atoms with Crippen LogP contribution in [-0.4, -0.2) is 40.9 Å². The summed E-state index contributed by atoms with van der Waals surface area (Å²) in [6.45, 7) is 3.57. The van der Waals surface area contributed by atoms with Crippen LogP contribution in [-0.2, 0) is 7.05 Å². The van der Waals surface area contributed by atoms with E-state index in [9.17, 15) is 4.39 Å². The first-order valence-corrected chi connectivity index (χ1v) is 8.99. The van der Waals surface area contributed by atoms with E-state index in [1.807, 2.05) is 54.5 Å². The van der Waals surface area contributed by atoms with Crippen LogP contribution in [0.4, 0.5) is 10.1 Å². The standard InChI is InChI=1S/C21H23FN4/c1-24-16-18(15-23-24)25-11-13-26(14-12-25)21(17-7-3-2-4-8-17)19-9-5-6-10-20(19)22/h2-10,15-16,21H,11-14H2,1H3. The lowest BCUT2D eigenvalue weighted by atomic mass is 9.96. The van der Waals surface area contributed by atoms with Gasteiger partial charge in [0.15, 0.2) is 0 Å². The van der Waals surface area contributed by atoms with E-state index >= 15 is 0 Å². The number of hydrogen-bond donors (Lipinski definition) is 0. The van der Waals surface area contributed by atoms with Gasteiger partial charge in [-0.2, -0.15) is 5.10 Å². The number of halogens is 1. The molecule has 4 nitrogen and oxygen atoms in total. The lowest BCUT2D eigenvalue weighted by molar-refractivity contribution is 0.209. The Hall–Kier alpha value is -2.66. The van der Waals surface area contributed by atoms with Gasteiger partial charge < -0.3 is 4.90 Å². The van der Waals surface area contributed by atoms with Crippen LogP contribution in [0.25, 0.3) is 0 Å². The Kier molecular flexibility index (Phi) is 4.71. The second-order valence-corrected chi connectivity index (χ2v) is 6.73. The molecule has 0 N–H and O–H groups in total. The van der Waals surface area contributed by atoms with Gasteiger partial charge in [0.1, 0.15) is 5.82 Å². The highest BCUT2D eigenvalue weighted by molar-refractivity contribution is 5.43. The second kappa shape index (κ2) is 7.30. The SMILES string of the molecule is Cn1cc(N2CCN(C(c3ccccc3)c3ccccc3F)CC2)cn1. The molecule has 1 saturated heterocycles. The minimum absolute atomic E-state index is 0.0616. The zero-order valence-corrected chi connectivity index (χ0v) is 14.9. The van der Waals surface area contributed by atoms with Gasteiger partial charge in [-0.05, 0) is 11.6 Å². The molecule has 1 aromatic heterocycles. The molecule has 2 aromatic carbocycles. The lowest BCUT2D eigenvalue weighted by Crippen LogP contribution is -2.48. The third-order valence-electron chi connectivity index (χ3n) is 5.05. The van der Waals surface area contributed by atoms with Gasteiger partial charge in [0.2, 0.25) is 0 Å². The van der Waals surface area contributed by atoms with Crippen LogP contribution in [0.1, 0.15) is 17.2 Å². The third kappa shape index (κ3) is 3.35. The molecule has 5 heteroatoms. The van der Waals surface area contributed by atoms with Crippen molar-refractivity contribution in [1.29, 1.82) is 0 Å². The average Bonchev–Trinajstić information content (AvgIpc) is 3.11. The van der Waals surface area contributed by atoms with Gasteiger partial charge >= 0.3 is 0 Å². The molecular formula is C21H23FN4. The van der Waals surface area contributed by atoms with Crippen LogP contribution in [0, 0.1) is 5.82 Å². The molecule has 0 saturated carbocycles. The molecule has 1 atom stereocenters. The highest BCUT2D eigenvalue weighted by Gasteiger charge is 2.28. The second-order valence-electron chi connectivity index (χ2n) is 6.73. The smallest absolute Gasteiger partial charge is 0.128 e. The molecular weight excluding hydrogens is 327 g/mol. The first-order chi connectivity index (χ1) is 12.7. The van der Waals surface area contributed by atoms with Crippen LogP contribution >= 0.6 is 0 Å². The fraction of sp³-hybridized carbons (Fsp3) is 0.286. The number of benzene rings is 2. The van der Waals surface area contributed by atoms with E-state index in [4.69, 9.17) is 0 Å². The van der Waals surface area contributed by atoms with E-state index in [0.717, 1.165) is 43.0 Å². The third-order valence-corrected chi connectivity index (χ3v) is 5.05. The van der Waals surface area contributed by atoms with Gasteiger partial charge in [-0.25, -0.2) is 4.39 Å². The van der Waals surface area contributed by atoms with Gasteiger partial charge in [0, 0.05) is 45.0 Å². The first kappa shape index (κ1) is 16.8. The molecule has 0 amide bonds. The van der Waals surface area contributed by atoms with Crippen molar-refractivity contribution in [1.82, 2.24) is 14.7 Å². The molecule has 0 aliphatic carbocycles. The monoisotopic (exact) mass is 350 g/mol. The normalized spacial score (nSPS) is 16.6. The zero-order valence-electron chi connectivity index (χ0n) is 14.9. The number of nitrogens with zero attached hydrogens (tertiary/aromatic N) is 4. The van der Waals surface area contributed by atoms with Crippen LogP contribution < -0.4 is 4.90 Å². The Morgan fingerprint density at radius 1 is 0.923 bits per heavy atom. The molecule has 1 aliphatic rings. The fourth-order valence-corrected chi connectivity index (χ4v) is 3.73. The van der Waals surface area contributed by atoms with E-state index in [2.05, 4.69) is 27.0 Å². The van der Waals surface area contributed by atoms with Crippen LogP contribution in [0.2, 0.25) is 0 Å². The largest absolute Gasteiger partial charge is 0.366 e. The van der Waals surface area contributed by atoms with Crippen molar-refractivity contribution >= 4 is 5.69 Å². The van der Waals surface area contributed by atoms with Crippen molar-refractivity contribution in [2.24, 2.45) is 7.05 Å². The summed E-state index contributed by atoms with van der Waals surface area (Å²) >= 11 is 0. The number of aryl methyl sites for hydroxylation is 1. The maximum Gasteiger partial charge on any atom is 0.128 e.